The predicted molar refractivity (Wildman–Crippen MR) is 57.4 cm³/mol. The second-order valence-corrected chi connectivity index (χ2v) is 4.81. The van der Waals surface area contributed by atoms with E-state index < -0.39 is 11.7 Å². The van der Waals surface area contributed by atoms with E-state index in [1.165, 1.54) is 12.1 Å². The summed E-state index contributed by atoms with van der Waals surface area (Å²) in [7, 11) is 0. The summed E-state index contributed by atoms with van der Waals surface area (Å²) in [6.07, 6.45) is -2.26. The molecule has 1 nitrogen and oxygen atoms in total. The first-order valence-corrected chi connectivity index (χ1v) is 5.75. The SMILES string of the molecule is FC(F)(F)c1ccc(Br)cc1OCC1CC1. The van der Waals surface area contributed by atoms with Crippen molar-refractivity contribution in [1.29, 1.82) is 0 Å². The molecule has 0 spiro atoms. The molecule has 0 atom stereocenters. The van der Waals surface area contributed by atoms with Crippen molar-refractivity contribution in [3.05, 3.63) is 28.2 Å². The van der Waals surface area contributed by atoms with E-state index in [9.17, 15) is 13.2 Å². The summed E-state index contributed by atoms with van der Waals surface area (Å²) in [6, 6.07) is 3.77. The van der Waals surface area contributed by atoms with Crippen LogP contribution in [0.2, 0.25) is 0 Å². The second kappa shape index (κ2) is 4.28. The monoisotopic (exact) mass is 294 g/mol. The van der Waals surface area contributed by atoms with E-state index in [1.807, 2.05) is 0 Å². The highest BCUT2D eigenvalue weighted by Crippen LogP contribution is 2.38. The lowest BCUT2D eigenvalue weighted by Crippen LogP contribution is -2.10. The Morgan fingerprint density at radius 3 is 2.56 bits per heavy atom. The van der Waals surface area contributed by atoms with E-state index in [2.05, 4.69) is 15.9 Å². The van der Waals surface area contributed by atoms with Gasteiger partial charge in [0.1, 0.15) is 5.75 Å². The van der Waals surface area contributed by atoms with Crippen LogP contribution < -0.4 is 4.74 Å². The van der Waals surface area contributed by atoms with Gasteiger partial charge in [0, 0.05) is 4.47 Å². The largest absolute Gasteiger partial charge is 0.493 e. The summed E-state index contributed by atoms with van der Waals surface area (Å²) in [6.45, 7) is 0.375. The molecule has 0 unspecified atom stereocenters. The third-order valence-corrected chi connectivity index (χ3v) is 2.91. The molecule has 88 valence electrons. The van der Waals surface area contributed by atoms with Gasteiger partial charge in [0.2, 0.25) is 0 Å². The summed E-state index contributed by atoms with van der Waals surface area (Å²) in [5.74, 6) is 0.342. The van der Waals surface area contributed by atoms with Gasteiger partial charge in [0.05, 0.1) is 12.2 Å². The van der Waals surface area contributed by atoms with Crippen LogP contribution in [-0.2, 0) is 6.18 Å². The smallest absolute Gasteiger partial charge is 0.419 e. The predicted octanol–water partition coefficient (Wildman–Crippen LogP) is 4.26. The Kier molecular flexibility index (Phi) is 3.15. The summed E-state index contributed by atoms with van der Waals surface area (Å²) >= 11 is 3.14. The van der Waals surface area contributed by atoms with Crippen LogP contribution in [-0.4, -0.2) is 6.61 Å². The van der Waals surface area contributed by atoms with E-state index in [-0.39, 0.29) is 5.75 Å². The zero-order chi connectivity index (χ0) is 11.8. The zero-order valence-electron chi connectivity index (χ0n) is 8.35. The van der Waals surface area contributed by atoms with E-state index in [0.717, 1.165) is 18.9 Å². The molecule has 0 bridgehead atoms. The Morgan fingerprint density at radius 1 is 1.31 bits per heavy atom. The highest BCUT2D eigenvalue weighted by Gasteiger charge is 2.35. The molecule has 16 heavy (non-hydrogen) atoms. The fraction of sp³-hybridized carbons (Fsp3) is 0.455. The molecule has 0 saturated heterocycles. The Labute approximate surface area is 99.7 Å². The summed E-state index contributed by atoms with van der Waals surface area (Å²) < 4.78 is 43.7. The molecule has 1 aliphatic rings. The number of hydrogen-bond acceptors (Lipinski definition) is 1. The van der Waals surface area contributed by atoms with Gasteiger partial charge in [-0.25, -0.2) is 0 Å². The normalized spacial score (nSPS) is 16.2. The average Bonchev–Trinajstić information content (AvgIpc) is 2.96. The highest BCUT2D eigenvalue weighted by molar-refractivity contribution is 9.10. The van der Waals surface area contributed by atoms with Crippen LogP contribution in [0.1, 0.15) is 18.4 Å². The van der Waals surface area contributed by atoms with E-state index in [1.54, 1.807) is 0 Å². The summed E-state index contributed by atoms with van der Waals surface area (Å²) in [5.41, 5.74) is -0.712. The molecule has 0 N–H and O–H groups in total. The van der Waals surface area contributed by atoms with Crippen molar-refractivity contribution in [2.24, 2.45) is 5.92 Å². The van der Waals surface area contributed by atoms with Crippen molar-refractivity contribution in [3.63, 3.8) is 0 Å². The molecule has 1 fully saturated rings. The van der Waals surface area contributed by atoms with Crippen LogP contribution in [0.15, 0.2) is 22.7 Å². The van der Waals surface area contributed by atoms with Crippen molar-refractivity contribution in [2.75, 3.05) is 6.61 Å². The molecule has 0 heterocycles. The Balaban J connectivity index is 2.20. The molecule has 1 aromatic carbocycles. The van der Waals surface area contributed by atoms with Gasteiger partial charge in [0.15, 0.2) is 0 Å². The van der Waals surface area contributed by atoms with E-state index in [4.69, 9.17) is 4.74 Å². The van der Waals surface area contributed by atoms with Crippen LogP contribution >= 0.6 is 15.9 Å². The van der Waals surface area contributed by atoms with Gasteiger partial charge in [-0.3, -0.25) is 0 Å². The molecular formula is C11H10BrF3O. The van der Waals surface area contributed by atoms with Crippen LogP contribution in [0.3, 0.4) is 0 Å². The van der Waals surface area contributed by atoms with Crippen molar-refractivity contribution in [3.8, 4) is 5.75 Å². The van der Waals surface area contributed by atoms with Crippen LogP contribution in [0.4, 0.5) is 13.2 Å². The fourth-order valence-corrected chi connectivity index (χ4v) is 1.68. The molecule has 5 heteroatoms. The van der Waals surface area contributed by atoms with Crippen molar-refractivity contribution >= 4 is 15.9 Å². The third kappa shape index (κ3) is 2.90. The quantitative estimate of drug-likeness (QED) is 0.809. The first kappa shape index (κ1) is 11.8. The lowest BCUT2D eigenvalue weighted by molar-refractivity contribution is -0.139. The number of rotatable bonds is 3. The molecule has 0 amide bonds. The maximum Gasteiger partial charge on any atom is 0.419 e. The fourth-order valence-electron chi connectivity index (χ4n) is 1.34. The van der Waals surface area contributed by atoms with Gasteiger partial charge < -0.3 is 4.74 Å². The van der Waals surface area contributed by atoms with Gasteiger partial charge in [0.25, 0.3) is 0 Å². The maximum atomic E-state index is 12.6. The molecular weight excluding hydrogens is 285 g/mol. The van der Waals surface area contributed by atoms with E-state index in [0.29, 0.717) is 17.0 Å². The standard InChI is InChI=1S/C11H10BrF3O/c12-8-3-4-9(11(13,14)15)10(5-8)16-6-7-1-2-7/h3-5,7H,1-2,6H2. The first-order chi connectivity index (χ1) is 7.47. The van der Waals surface area contributed by atoms with Gasteiger partial charge >= 0.3 is 6.18 Å². The van der Waals surface area contributed by atoms with Crippen LogP contribution in [0.25, 0.3) is 0 Å². The average molecular weight is 295 g/mol. The van der Waals surface area contributed by atoms with Crippen molar-refractivity contribution < 1.29 is 17.9 Å². The molecule has 0 aromatic heterocycles. The molecule has 0 aliphatic heterocycles. The van der Waals surface area contributed by atoms with Gasteiger partial charge in [-0.2, -0.15) is 13.2 Å². The third-order valence-electron chi connectivity index (χ3n) is 2.42. The lowest BCUT2D eigenvalue weighted by atomic mass is 10.2. The Bertz CT molecular complexity index is 385. The minimum absolute atomic E-state index is 0.0891. The number of hydrogen-bond donors (Lipinski definition) is 0. The number of ether oxygens (including phenoxy) is 1. The topological polar surface area (TPSA) is 9.23 Å². The number of benzene rings is 1. The highest BCUT2D eigenvalue weighted by atomic mass is 79.9. The van der Waals surface area contributed by atoms with Crippen molar-refractivity contribution in [2.45, 2.75) is 19.0 Å². The van der Waals surface area contributed by atoms with Gasteiger partial charge in [-0.05, 0) is 37.0 Å². The number of halogens is 4. The minimum atomic E-state index is -4.36. The Morgan fingerprint density at radius 2 is 2.00 bits per heavy atom. The van der Waals surface area contributed by atoms with Gasteiger partial charge in [-0.1, -0.05) is 15.9 Å². The Hall–Kier alpha value is -0.710. The molecule has 1 aromatic rings. The molecule has 1 aliphatic carbocycles. The summed E-state index contributed by atoms with van der Waals surface area (Å²) in [4.78, 5) is 0. The first-order valence-electron chi connectivity index (χ1n) is 4.96. The van der Waals surface area contributed by atoms with Crippen LogP contribution in [0.5, 0.6) is 5.75 Å². The van der Waals surface area contributed by atoms with Crippen molar-refractivity contribution in [1.82, 2.24) is 0 Å². The number of alkyl halides is 3. The molecule has 2 rings (SSSR count). The van der Waals surface area contributed by atoms with E-state index >= 15 is 0 Å². The maximum absolute atomic E-state index is 12.6. The lowest BCUT2D eigenvalue weighted by Gasteiger charge is -2.14. The zero-order valence-corrected chi connectivity index (χ0v) is 9.94. The molecule has 1 saturated carbocycles. The van der Waals surface area contributed by atoms with Gasteiger partial charge in [-0.15, -0.1) is 0 Å². The minimum Gasteiger partial charge on any atom is -0.493 e. The summed E-state index contributed by atoms with van der Waals surface area (Å²) in [5, 5.41) is 0. The van der Waals surface area contributed by atoms with Crippen LogP contribution in [0, 0.1) is 5.92 Å². The molecule has 0 radical (unpaired) electrons. The second-order valence-electron chi connectivity index (χ2n) is 3.89.